The van der Waals surface area contributed by atoms with Gasteiger partial charge < -0.3 is 14.6 Å². The number of aliphatic carboxylic acids is 1. The van der Waals surface area contributed by atoms with Crippen molar-refractivity contribution in [2.45, 2.75) is 45.6 Å². The second-order valence-corrected chi connectivity index (χ2v) is 8.72. The van der Waals surface area contributed by atoms with E-state index in [1.54, 1.807) is 14.2 Å². The van der Waals surface area contributed by atoms with Crippen molar-refractivity contribution in [2.75, 3.05) is 27.3 Å². The molecule has 2 atom stereocenters. The third kappa shape index (κ3) is 5.88. The van der Waals surface area contributed by atoms with Gasteiger partial charge in [0.1, 0.15) is 5.76 Å². The summed E-state index contributed by atoms with van der Waals surface area (Å²) in [5.41, 5.74) is 2.49. The fraction of sp³-hybridized carbons (Fsp3) is 0.560. The normalized spacial score (nSPS) is 21.8. The lowest BCUT2D eigenvalue weighted by Gasteiger charge is -2.33. The van der Waals surface area contributed by atoms with Crippen LogP contribution >= 0.6 is 0 Å². The highest BCUT2D eigenvalue weighted by molar-refractivity contribution is 5.70. The maximum atomic E-state index is 12.0. The molecular formula is C25H35NO4. The Morgan fingerprint density at radius 2 is 1.87 bits per heavy atom. The van der Waals surface area contributed by atoms with Gasteiger partial charge in [0.25, 0.3) is 0 Å². The summed E-state index contributed by atoms with van der Waals surface area (Å²) in [6.07, 6.45) is 6.30. The van der Waals surface area contributed by atoms with Crippen molar-refractivity contribution in [3.05, 3.63) is 59.1 Å². The van der Waals surface area contributed by atoms with E-state index in [1.807, 2.05) is 12.1 Å². The summed E-state index contributed by atoms with van der Waals surface area (Å²) in [5.74, 6) is 1.24. The van der Waals surface area contributed by atoms with Crippen LogP contribution in [0.25, 0.3) is 0 Å². The standard InChI is InChI=1S/C25H35NO4/c1-18-13-21(16-23(29-2)24(18)30-3)15-22(25(27)28)14-19-9-11-26(12-10-19)17-20-7-5-4-6-8-20/h4-8,16,18-19,22H,9-15,17H2,1-3H3,(H,27,28). The Labute approximate surface area is 180 Å². The molecule has 1 aromatic carbocycles. The van der Waals surface area contributed by atoms with Gasteiger partial charge in [-0.1, -0.05) is 42.8 Å². The van der Waals surface area contributed by atoms with Gasteiger partial charge in [-0.3, -0.25) is 9.69 Å². The molecule has 2 unspecified atom stereocenters. The number of nitrogens with zero attached hydrogens (tertiary/aromatic N) is 1. The number of likely N-dealkylation sites (tertiary alicyclic amines) is 1. The molecule has 1 heterocycles. The SMILES string of the molecule is COC1=C(OC)C(C)CC(CC(CC2CCN(Cc3ccccc3)CC2)C(=O)O)=C1. The van der Waals surface area contributed by atoms with E-state index in [9.17, 15) is 9.90 Å². The molecule has 5 heteroatoms. The fourth-order valence-corrected chi connectivity index (χ4v) is 4.86. The van der Waals surface area contributed by atoms with E-state index in [1.165, 1.54) is 5.56 Å². The molecule has 0 spiro atoms. The molecule has 1 N–H and O–H groups in total. The average Bonchev–Trinajstić information content (AvgIpc) is 2.74. The summed E-state index contributed by atoms with van der Waals surface area (Å²) in [5, 5.41) is 9.86. The summed E-state index contributed by atoms with van der Waals surface area (Å²) < 4.78 is 10.9. The van der Waals surface area contributed by atoms with Gasteiger partial charge in [-0.15, -0.1) is 0 Å². The molecule has 1 aliphatic carbocycles. The lowest BCUT2D eigenvalue weighted by Crippen LogP contribution is -2.34. The molecular weight excluding hydrogens is 378 g/mol. The van der Waals surface area contributed by atoms with Crippen molar-refractivity contribution in [3.8, 4) is 0 Å². The fourth-order valence-electron chi connectivity index (χ4n) is 4.86. The number of hydrogen-bond acceptors (Lipinski definition) is 4. The number of carboxylic acid groups (broad SMARTS) is 1. The molecule has 30 heavy (non-hydrogen) atoms. The first-order chi connectivity index (χ1) is 14.5. The van der Waals surface area contributed by atoms with Gasteiger partial charge >= 0.3 is 5.97 Å². The Kier molecular flexibility index (Phi) is 7.97. The smallest absolute Gasteiger partial charge is 0.306 e. The second kappa shape index (κ2) is 10.7. The van der Waals surface area contributed by atoms with Gasteiger partial charge in [0.05, 0.1) is 20.1 Å². The zero-order chi connectivity index (χ0) is 21.5. The van der Waals surface area contributed by atoms with Gasteiger partial charge in [0.2, 0.25) is 0 Å². The monoisotopic (exact) mass is 413 g/mol. The highest BCUT2D eigenvalue weighted by atomic mass is 16.5. The number of methoxy groups -OCH3 is 2. The van der Waals surface area contributed by atoms with Gasteiger partial charge in [-0.2, -0.15) is 0 Å². The molecule has 0 saturated carbocycles. The Morgan fingerprint density at radius 3 is 2.47 bits per heavy atom. The first kappa shape index (κ1) is 22.4. The topological polar surface area (TPSA) is 59.0 Å². The maximum absolute atomic E-state index is 12.0. The van der Waals surface area contributed by atoms with E-state index < -0.39 is 5.97 Å². The lowest BCUT2D eigenvalue weighted by molar-refractivity contribution is -0.142. The van der Waals surface area contributed by atoms with Crippen LogP contribution in [0.1, 0.15) is 44.6 Å². The van der Waals surface area contributed by atoms with Crippen LogP contribution in [0, 0.1) is 17.8 Å². The van der Waals surface area contributed by atoms with Crippen molar-refractivity contribution >= 4 is 5.97 Å². The number of benzene rings is 1. The lowest BCUT2D eigenvalue weighted by atomic mass is 9.81. The van der Waals surface area contributed by atoms with E-state index in [0.717, 1.165) is 62.4 Å². The van der Waals surface area contributed by atoms with Crippen molar-refractivity contribution < 1.29 is 19.4 Å². The van der Waals surface area contributed by atoms with Crippen molar-refractivity contribution in [1.29, 1.82) is 0 Å². The third-order valence-corrected chi connectivity index (χ3v) is 6.47. The van der Waals surface area contributed by atoms with Crippen LogP contribution in [0.15, 0.2) is 53.5 Å². The number of allylic oxidation sites excluding steroid dienone is 3. The Balaban J connectivity index is 1.55. The molecule has 1 aliphatic heterocycles. The molecule has 3 rings (SSSR count). The zero-order valence-electron chi connectivity index (χ0n) is 18.5. The molecule has 0 amide bonds. The quantitative estimate of drug-likeness (QED) is 0.627. The van der Waals surface area contributed by atoms with Gasteiger partial charge in [0, 0.05) is 12.5 Å². The Morgan fingerprint density at radius 1 is 1.17 bits per heavy atom. The van der Waals surface area contributed by atoms with E-state index in [2.05, 4.69) is 36.1 Å². The largest absolute Gasteiger partial charge is 0.497 e. The summed E-state index contributed by atoms with van der Waals surface area (Å²) in [4.78, 5) is 14.5. The van der Waals surface area contributed by atoms with Crippen molar-refractivity contribution in [3.63, 3.8) is 0 Å². The first-order valence-electron chi connectivity index (χ1n) is 11.0. The molecule has 5 nitrogen and oxygen atoms in total. The average molecular weight is 414 g/mol. The van der Waals surface area contributed by atoms with Crippen molar-refractivity contribution in [1.82, 2.24) is 4.90 Å². The molecule has 1 aromatic rings. The van der Waals surface area contributed by atoms with Crippen LogP contribution in [-0.2, 0) is 20.8 Å². The summed E-state index contributed by atoms with van der Waals surface area (Å²) >= 11 is 0. The van der Waals surface area contributed by atoms with E-state index in [0.29, 0.717) is 12.3 Å². The highest BCUT2D eigenvalue weighted by Gasteiger charge is 2.29. The number of carboxylic acids is 1. The molecule has 0 aromatic heterocycles. The summed E-state index contributed by atoms with van der Waals surface area (Å²) in [6.45, 7) is 5.16. The molecule has 164 valence electrons. The first-order valence-corrected chi connectivity index (χ1v) is 11.0. The minimum absolute atomic E-state index is 0.209. The van der Waals surface area contributed by atoms with Crippen LogP contribution in [0.3, 0.4) is 0 Å². The number of ether oxygens (including phenoxy) is 2. The Hall–Kier alpha value is -2.27. The number of piperidine rings is 1. The zero-order valence-corrected chi connectivity index (χ0v) is 18.5. The van der Waals surface area contributed by atoms with E-state index >= 15 is 0 Å². The molecule has 2 aliphatic rings. The van der Waals surface area contributed by atoms with Crippen molar-refractivity contribution in [2.24, 2.45) is 17.8 Å². The second-order valence-electron chi connectivity index (χ2n) is 8.72. The van der Waals surface area contributed by atoms with Crippen LogP contribution in [0.2, 0.25) is 0 Å². The Bertz CT molecular complexity index is 763. The number of carbonyl (C=O) groups is 1. The minimum atomic E-state index is -0.684. The number of rotatable bonds is 9. The van der Waals surface area contributed by atoms with Crippen LogP contribution in [-0.4, -0.2) is 43.3 Å². The molecule has 0 bridgehead atoms. The van der Waals surface area contributed by atoms with Crippen LogP contribution in [0.5, 0.6) is 0 Å². The highest BCUT2D eigenvalue weighted by Crippen LogP contribution is 2.35. The summed E-state index contributed by atoms with van der Waals surface area (Å²) in [6, 6.07) is 10.6. The van der Waals surface area contributed by atoms with Crippen LogP contribution < -0.4 is 0 Å². The van der Waals surface area contributed by atoms with E-state index in [4.69, 9.17) is 9.47 Å². The predicted octanol–water partition coefficient (Wildman–Crippen LogP) is 4.85. The van der Waals surface area contributed by atoms with Crippen LogP contribution in [0.4, 0.5) is 0 Å². The van der Waals surface area contributed by atoms with Gasteiger partial charge in [-0.05, 0) is 62.8 Å². The molecule has 1 saturated heterocycles. The van der Waals surface area contributed by atoms with E-state index in [-0.39, 0.29) is 11.8 Å². The number of hydrogen-bond donors (Lipinski definition) is 1. The third-order valence-electron chi connectivity index (χ3n) is 6.47. The predicted molar refractivity (Wildman–Crippen MR) is 118 cm³/mol. The molecule has 0 radical (unpaired) electrons. The van der Waals surface area contributed by atoms with Gasteiger partial charge in [0.15, 0.2) is 5.76 Å². The maximum Gasteiger partial charge on any atom is 0.306 e. The minimum Gasteiger partial charge on any atom is -0.497 e. The van der Waals surface area contributed by atoms with Gasteiger partial charge in [-0.25, -0.2) is 0 Å². The molecule has 1 fully saturated rings. The summed E-state index contributed by atoms with van der Waals surface area (Å²) in [7, 11) is 3.30.